The van der Waals surface area contributed by atoms with E-state index in [-0.39, 0.29) is 5.91 Å². The lowest BCUT2D eigenvalue weighted by Crippen LogP contribution is -2.32. The Labute approximate surface area is 122 Å². The number of aliphatic hydroxyl groups is 1. The molecule has 0 aliphatic carbocycles. The van der Waals surface area contributed by atoms with Gasteiger partial charge in [-0.05, 0) is 29.9 Å². The maximum atomic E-state index is 11.7. The molecule has 2 N–H and O–H groups in total. The van der Waals surface area contributed by atoms with Gasteiger partial charge in [-0.3, -0.25) is 4.79 Å². The number of carbonyl (C=O) groups excluding carboxylic acids is 1. The second kappa shape index (κ2) is 8.75. The van der Waals surface area contributed by atoms with Crippen molar-refractivity contribution >= 4 is 5.91 Å². The second-order valence-electron chi connectivity index (χ2n) is 5.64. The summed E-state index contributed by atoms with van der Waals surface area (Å²) >= 11 is 0. The molecule has 0 spiro atoms. The van der Waals surface area contributed by atoms with Crippen molar-refractivity contribution in [3.05, 3.63) is 35.4 Å². The Kier molecular flexibility index (Phi) is 7.31. The predicted molar refractivity (Wildman–Crippen MR) is 82.8 cm³/mol. The molecule has 0 saturated carbocycles. The van der Waals surface area contributed by atoms with Gasteiger partial charge in [0.2, 0.25) is 5.91 Å². The molecule has 0 radical (unpaired) electrons. The minimum Gasteiger partial charge on any atom is -0.391 e. The van der Waals surface area contributed by atoms with Crippen LogP contribution in [0.5, 0.6) is 0 Å². The third-order valence-corrected chi connectivity index (χ3v) is 3.44. The zero-order chi connectivity index (χ0) is 15.0. The van der Waals surface area contributed by atoms with Crippen molar-refractivity contribution in [3.8, 4) is 0 Å². The van der Waals surface area contributed by atoms with E-state index < -0.39 is 6.10 Å². The molecule has 0 heterocycles. The van der Waals surface area contributed by atoms with Crippen LogP contribution in [0.15, 0.2) is 24.3 Å². The molecule has 1 atom stereocenters. The van der Waals surface area contributed by atoms with E-state index in [0.29, 0.717) is 18.9 Å². The molecule has 3 nitrogen and oxygen atoms in total. The third-order valence-electron chi connectivity index (χ3n) is 3.44. The Hall–Kier alpha value is -1.35. The van der Waals surface area contributed by atoms with Crippen molar-refractivity contribution in [1.82, 2.24) is 5.32 Å². The van der Waals surface area contributed by atoms with Gasteiger partial charge in [0, 0.05) is 13.0 Å². The van der Waals surface area contributed by atoms with Crippen LogP contribution in [0.3, 0.4) is 0 Å². The van der Waals surface area contributed by atoms with Crippen LogP contribution in [0, 0.1) is 0 Å². The summed E-state index contributed by atoms with van der Waals surface area (Å²) < 4.78 is 0. The van der Waals surface area contributed by atoms with Crippen LogP contribution in [0.25, 0.3) is 0 Å². The molecule has 0 bridgehead atoms. The van der Waals surface area contributed by atoms with E-state index in [2.05, 4.69) is 43.4 Å². The maximum Gasteiger partial charge on any atom is 0.220 e. The topological polar surface area (TPSA) is 49.3 Å². The quantitative estimate of drug-likeness (QED) is 0.767. The van der Waals surface area contributed by atoms with Crippen LogP contribution in [0.4, 0.5) is 0 Å². The summed E-state index contributed by atoms with van der Waals surface area (Å²) in [5, 5.41) is 12.3. The van der Waals surface area contributed by atoms with Gasteiger partial charge in [-0.1, -0.05) is 51.5 Å². The number of rotatable bonds is 8. The minimum absolute atomic E-state index is 0.00749. The summed E-state index contributed by atoms with van der Waals surface area (Å²) in [7, 11) is 0. The fourth-order valence-corrected chi connectivity index (χ4v) is 2.08. The highest BCUT2D eigenvalue weighted by atomic mass is 16.3. The third kappa shape index (κ3) is 6.20. The Morgan fingerprint density at radius 1 is 1.25 bits per heavy atom. The Morgan fingerprint density at radius 3 is 2.45 bits per heavy atom. The van der Waals surface area contributed by atoms with Crippen LogP contribution >= 0.6 is 0 Å². The smallest absolute Gasteiger partial charge is 0.220 e. The minimum atomic E-state index is -0.422. The molecule has 0 aliphatic rings. The number of amides is 1. The molecule has 112 valence electrons. The first-order valence-corrected chi connectivity index (χ1v) is 7.56. The Balaban J connectivity index is 2.30. The molecule has 0 saturated heterocycles. The molecule has 0 fully saturated rings. The normalized spacial score (nSPS) is 12.4. The first-order chi connectivity index (χ1) is 9.52. The summed E-state index contributed by atoms with van der Waals surface area (Å²) in [6.07, 6.45) is 2.46. The number of hydrogen-bond donors (Lipinski definition) is 2. The van der Waals surface area contributed by atoms with E-state index >= 15 is 0 Å². The molecule has 0 aromatic heterocycles. The van der Waals surface area contributed by atoms with Gasteiger partial charge in [0.15, 0.2) is 0 Å². The lowest BCUT2D eigenvalue weighted by atomic mass is 10.0. The van der Waals surface area contributed by atoms with Crippen molar-refractivity contribution in [2.24, 2.45) is 0 Å². The van der Waals surface area contributed by atoms with Crippen molar-refractivity contribution in [1.29, 1.82) is 0 Å². The number of benzene rings is 1. The standard InChI is InChI=1S/C17H27NO2/c1-4-5-16(19)12-18-17(20)11-8-14-6-9-15(10-7-14)13(2)3/h6-7,9-10,13,16,19H,4-5,8,11-12H2,1-3H3,(H,18,20). The molecular formula is C17H27NO2. The van der Waals surface area contributed by atoms with Gasteiger partial charge in [0.25, 0.3) is 0 Å². The average Bonchev–Trinajstić information content (AvgIpc) is 2.43. The van der Waals surface area contributed by atoms with Crippen molar-refractivity contribution in [3.63, 3.8) is 0 Å². The molecule has 20 heavy (non-hydrogen) atoms. The summed E-state index contributed by atoms with van der Waals surface area (Å²) in [5.41, 5.74) is 2.50. The van der Waals surface area contributed by atoms with Crippen LogP contribution in [-0.2, 0) is 11.2 Å². The monoisotopic (exact) mass is 277 g/mol. The van der Waals surface area contributed by atoms with Gasteiger partial charge in [-0.15, -0.1) is 0 Å². The number of hydrogen-bond acceptors (Lipinski definition) is 2. The lowest BCUT2D eigenvalue weighted by molar-refractivity contribution is -0.121. The molecule has 1 amide bonds. The van der Waals surface area contributed by atoms with Crippen molar-refractivity contribution < 1.29 is 9.90 Å². The molecule has 1 aromatic carbocycles. The zero-order valence-corrected chi connectivity index (χ0v) is 12.9. The summed E-state index contributed by atoms with van der Waals surface area (Å²) in [5.74, 6) is 0.542. The van der Waals surface area contributed by atoms with Crippen LogP contribution < -0.4 is 5.32 Å². The van der Waals surface area contributed by atoms with Gasteiger partial charge >= 0.3 is 0 Å². The van der Waals surface area contributed by atoms with E-state index in [9.17, 15) is 9.90 Å². The summed E-state index contributed by atoms with van der Waals surface area (Å²) in [6, 6.07) is 8.44. The van der Waals surface area contributed by atoms with Gasteiger partial charge in [-0.2, -0.15) is 0 Å². The highest BCUT2D eigenvalue weighted by molar-refractivity contribution is 5.76. The van der Waals surface area contributed by atoms with Crippen LogP contribution in [0.1, 0.15) is 57.1 Å². The Bertz CT molecular complexity index is 398. The SMILES string of the molecule is CCCC(O)CNC(=O)CCc1ccc(C(C)C)cc1. The first-order valence-electron chi connectivity index (χ1n) is 7.56. The largest absolute Gasteiger partial charge is 0.391 e. The molecule has 1 unspecified atom stereocenters. The highest BCUT2D eigenvalue weighted by Gasteiger charge is 2.06. The first kappa shape index (κ1) is 16.7. The van der Waals surface area contributed by atoms with Crippen LogP contribution in [-0.4, -0.2) is 23.7 Å². The molecule has 3 heteroatoms. The summed E-state index contributed by atoms with van der Waals surface area (Å²) in [4.78, 5) is 11.7. The molecule has 1 aromatic rings. The molecule has 1 rings (SSSR count). The Morgan fingerprint density at radius 2 is 1.90 bits per heavy atom. The van der Waals surface area contributed by atoms with E-state index in [1.165, 1.54) is 11.1 Å². The van der Waals surface area contributed by atoms with E-state index in [1.54, 1.807) is 0 Å². The van der Waals surface area contributed by atoms with Gasteiger partial charge in [0.05, 0.1) is 6.10 Å². The van der Waals surface area contributed by atoms with Gasteiger partial charge in [0.1, 0.15) is 0 Å². The van der Waals surface area contributed by atoms with E-state index in [4.69, 9.17) is 0 Å². The predicted octanol–water partition coefficient (Wildman–Crippen LogP) is 3.02. The zero-order valence-electron chi connectivity index (χ0n) is 12.9. The molecular weight excluding hydrogens is 250 g/mol. The fraction of sp³-hybridized carbons (Fsp3) is 0.588. The fourth-order valence-electron chi connectivity index (χ4n) is 2.08. The van der Waals surface area contributed by atoms with Crippen LogP contribution in [0.2, 0.25) is 0 Å². The number of aliphatic hydroxyl groups excluding tert-OH is 1. The lowest BCUT2D eigenvalue weighted by Gasteiger charge is -2.11. The second-order valence-corrected chi connectivity index (χ2v) is 5.64. The average molecular weight is 277 g/mol. The van der Waals surface area contributed by atoms with Crippen molar-refractivity contribution in [2.45, 2.75) is 58.5 Å². The highest BCUT2D eigenvalue weighted by Crippen LogP contribution is 2.15. The molecule has 0 aliphatic heterocycles. The number of carbonyl (C=O) groups is 1. The van der Waals surface area contributed by atoms with Gasteiger partial charge < -0.3 is 10.4 Å². The summed E-state index contributed by atoms with van der Waals surface area (Å²) in [6.45, 7) is 6.72. The number of aryl methyl sites for hydroxylation is 1. The van der Waals surface area contributed by atoms with Crippen molar-refractivity contribution in [2.75, 3.05) is 6.54 Å². The number of nitrogens with one attached hydrogen (secondary N) is 1. The van der Waals surface area contributed by atoms with E-state index in [1.807, 2.05) is 6.92 Å². The maximum absolute atomic E-state index is 11.7. The van der Waals surface area contributed by atoms with Gasteiger partial charge in [-0.25, -0.2) is 0 Å². The van der Waals surface area contributed by atoms with E-state index in [0.717, 1.165) is 19.3 Å².